The van der Waals surface area contributed by atoms with Crippen LogP contribution in [0.15, 0.2) is 21.7 Å². The first kappa shape index (κ1) is 9.73. The summed E-state index contributed by atoms with van der Waals surface area (Å²) < 4.78 is 0. The van der Waals surface area contributed by atoms with Crippen LogP contribution in [0.1, 0.15) is 13.8 Å². The minimum absolute atomic E-state index is 0.319. The Kier molecular flexibility index (Phi) is 4.41. The first-order valence-electron chi connectivity index (χ1n) is 2.77. The molecule has 0 unspecified atom stereocenters. The maximum Gasteiger partial charge on any atom is 0.147 e. The molecule has 0 fully saturated rings. The molecule has 0 aromatic carbocycles. The van der Waals surface area contributed by atoms with Gasteiger partial charge in [0.1, 0.15) is 6.29 Å². The Morgan fingerprint density at radius 3 is 2.20 bits per heavy atom. The van der Waals surface area contributed by atoms with Crippen molar-refractivity contribution in [2.24, 2.45) is 0 Å². The lowest BCUT2D eigenvalue weighted by Gasteiger charge is -1.95. The first-order chi connectivity index (χ1) is 4.63. The van der Waals surface area contributed by atoms with Crippen molar-refractivity contribution in [3.05, 3.63) is 21.7 Å². The molecular formula is C7H8Cl2O. The highest BCUT2D eigenvalue weighted by Crippen LogP contribution is 2.21. The van der Waals surface area contributed by atoms with Crippen LogP contribution in [0.4, 0.5) is 0 Å². The lowest BCUT2D eigenvalue weighted by Crippen LogP contribution is -1.82. The SMILES string of the molecule is C/C=C(Cl)\C(Cl)=C(/C)C=O. The summed E-state index contributed by atoms with van der Waals surface area (Å²) in [6.07, 6.45) is 2.31. The van der Waals surface area contributed by atoms with Crippen molar-refractivity contribution in [1.29, 1.82) is 0 Å². The first-order valence-corrected chi connectivity index (χ1v) is 3.52. The van der Waals surface area contributed by atoms with Crippen LogP contribution < -0.4 is 0 Å². The summed E-state index contributed by atoms with van der Waals surface area (Å²) >= 11 is 11.2. The lowest BCUT2D eigenvalue weighted by molar-refractivity contribution is -0.104. The van der Waals surface area contributed by atoms with Gasteiger partial charge in [-0.15, -0.1) is 0 Å². The van der Waals surface area contributed by atoms with E-state index in [0.29, 0.717) is 21.9 Å². The normalized spacial score (nSPS) is 14.6. The van der Waals surface area contributed by atoms with Crippen LogP contribution in [0.5, 0.6) is 0 Å². The zero-order chi connectivity index (χ0) is 8.15. The molecule has 0 saturated heterocycles. The van der Waals surface area contributed by atoms with Crippen LogP contribution in [0.2, 0.25) is 0 Å². The molecule has 0 aliphatic rings. The number of carbonyl (C=O) groups excluding carboxylic acids is 1. The van der Waals surface area contributed by atoms with E-state index in [1.807, 2.05) is 0 Å². The summed E-state index contributed by atoms with van der Waals surface area (Å²) in [6, 6.07) is 0. The Balaban J connectivity index is 4.63. The molecule has 0 heterocycles. The number of rotatable bonds is 2. The second-order valence-corrected chi connectivity index (χ2v) is 2.54. The molecule has 3 heteroatoms. The maximum absolute atomic E-state index is 10.1. The molecule has 0 rings (SSSR count). The van der Waals surface area contributed by atoms with Crippen LogP contribution in [0, 0.1) is 0 Å². The number of allylic oxidation sites excluding steroid dienone is 4. The molecule has 0 N–H and O–H groups in total. The van der Waals surface area contributed by atoms with E-state index in [1.165, 1.54) is 0 Å². The van der Waals surface area contributed by atoms with Gasteiger partial charge in [-0.3, -0.25) is 4.79 Å². The van der Waals surface area contributed by atoms with Gasteiger partial charge in [-0.25, -0.2) is 0 Å². The topological polar surface area (TPSA) is 17.1 Å². The van der Waals surface area contributed by atoms with Gasteiger partial charge in [-0.2, -0.15) is 0 Å². The van der Waals surface area contributed by atoms with Crippen LogP contribution in [0.3, 0.4) is 0 Å². The Morgan fingerprint density at radius 2 is 1.90 bits per heavy atom. The lowest BCUT2D eigenvalue weighted by atomic mass is 10.3. The predicted molar refractivity (Wildman–Crippen MR) is 44.2 cm³/mol. The Labute approximate surface area is 70.3 Å². The molecule has 0 aromatic rings. The van der Waals surface area contributed by atoms with Gasteiger partial charge in [0.2, 0.25) is 0 Å². The average molecular weight is 179 g/mol. The molecule has 0 aliphatic heterocycles. The van der Waals surface area contributed by atoms with Crippen molar-refractivity contribution in [2.75, 3.05) is 0 Å². The molecule has 0 bridgehead atoms. The molecule has 0 saturated carbocycles. The number of hydrogen-bond donors (Lipinski definition) is 0. The van der Waals surface area contributed by atoms with Crippen LogP contribution >= 0.6 is 23.2 Å². The minimum atomic E-state index is 0.319. The van der Waals surface area contributed by atoms with Crippen LogP contribution in [-0.4, -0.2) is 6.29 Å². The standard InChI is InChI=1S/C7H8Cl2O/c1-3-6(8)7(9)5(2)4-10/h3-4H,1-2H3/b6-3+,7-5-. The fourth-order valence-electron chi connectivity index (χ4n) is 0.367. The summed E-state index contributed by atoms with van der Waals surface area (Å²) in [6.45, 7) is 3.37. The minimum Gasteiger partial charge on any atom is -0.298 e. The van der Waals surface area contributed by atoms with Crippen LogP contribution in [-0.2, 0) is 4.79 Å². The van der Waals surface area contributed by atoms with Crippen molar-refractivity contribution in [2.45, 2.75) is 13.8 Å². The zero-order valence-corrected chi connectivity index (χ0v) is 7.33. The van der Waals surface area contributed by atoms with Crippen molar-refractivity contribution in [3.63, 3.8) is 0 Å². The second kappa shape index (κ2) is 4.53. The van der Waals surface area contributed by atoms with Gasteiger partial charge in [0.05, 0.1) is 10.1 Å². The smallest absolute Gasteiger partial charge is 0.147 e. The molecule has 0 aromatic heterocycles. The Morgan fingerprint density at radius 1 is 1.40 bits per heavy atom. The monoisotopic (exact) mass is 178 g/mol. The molecule has 0 aliphatic carbocycles. The number of aldehydes is 1. The second-order valence-electron chi connectivity index (χ2n) is 1.75. The van der Waals surface area contributed by atoms with Gasteiger partial charge in [0.15, 0.2) is 0 Å². The van der Waals surface area contributed by atoms with Gasteiger partial charge in [-0.1, -0.05) is 29.3 Å². The molecular weight excluding hydrogens is 171 g/mol. The van der Waals surface area contributed by atoms with E-state index in [1.54, 1.807) is 19.9 Å². The van der Waals surface area contributed by atoms with E-state index in [9.17, 15) is 4.79 Å². The molecule has 0 atom stereocenters. The third-order valence-corrected chi connectivity index (χ3v) is 1.99. The summed E-state index contributed by atoms with van der Waals surface area (Å²) in [5, 5.41) is 0.727. The highest BCUT2D eigenvalue weighted by molar-refractivity contribution is 6.44. The van der Waals surface area contributed by atoms with Gasteiger partial charge < -0.3 is 0 Å². The van der Waals surface area contributed by atoms with Gasteiger partial charge in [0, 0.05) is 5.57 Å². The number of halogens is 2. The largest absolute Gasteiger partial charge is 0.298 e. The van der Waals surface area contributed by atoms with Crippen molar-refractivity contribution in [1.82, 2.24) is 0 Å². The van der Waals surface area contributed by atoms with Gasteiger partial charge >= 0.3 is 0 Å². The number of carbonyl (C=O) groups is 1. The van der Waals surface area contributed by atoms with Crippen molar-refractivity contribution in [3.8, 4) is 0 Å². The molecule has 0 amide bonds. The van der Waals surface area contributed by atoms with Gasteiger partial charge in [-0.05, 0) is 13.8 Å². The molecule has 1 nitrogen and oxygen atoms in total. The quantitative estimate of drug-likeness (QED) is 0.362. The predicted octanol–water partition coefficient (Wildman–Crippen LogP) is 2.84. The molecule has 0 spiro atoms. The Hall–Kier alpha value is -0.270. The average Bonchev–Trinajstić information content (AvgIpc) is 2.00. The van der Waals surface area contributed by atoms with E-state index in [0.717, 1.165) is 0 Å². The van der Waals surface area contributed by atoms with Crippen LogP contribution in [0.25, 0.3) is 0 Å². The summed E-state index contributed by atoms with van der Waals surface area (Å²) in [5.74, 6) is 0. The molecule has 0 radical (unpaired) electrons. The molecule has 10 heavy (non-hydrogen) atoms. The summed E-state index contributed by atoms with van der Waals surface area (Å²) in [5.41, 5.74) is 0.449. The van der Waals surface area contributed by atoms with Crippen molar-refractivity contribution >= 4 is 29.5 Å². The Bertz CT molecular complexity index is 192. The van der Waals surface area contributed by atoms with E-state index in [2.05, 4.69) is 0 Å². The third kappa shape index (κ3) is 2.54. The maximum atomic E-state index is 10.1. The highest BCUT2D eigenvalue weighted by atomic mass is 35.5. The van der Waals surface area contributed by atoms with E-state index >= 15 is 0 Å². The van der Waals surface area contributed by atoms with Crippen molar-refractivity contribution < 1.29 is 4.79 Å². The van der Waals surface area contributed by atoms with Gasteiger partial charge in [0.25, 0.3) is 0 Å². The van der Waals surface area contributed by atoms with E-state index in [-0.39, 0.29) is 0 Å². The zero-order valence-electron chi connectivity index (χ0n) is 5.82. The number of hydrogen-bond acceptors (Lipinski definition) is 1. The highest BCUT2D eigenvalue weighted by Gasteiger charge is 2.00. The third-order valence-electron chi connectivity index (χ3n) is 0.986. The summed E-state index contributed by atoms with van der Waals surface area (Å²) in [4.78, 5) is 10.1. The molecule has 56 valence electrons. The summed E-state index contributed by atoms with van der Waals surface area (Å²) in [7, 11) is 0. The fourth-order valence-corrected chi connectivity index (χ4v) is 0.670. The van der Waals surface area contributed by atoms with E-state index in [4.69, 9.17) is 23.2 Å². The fraction of sp³-hybridized carbons (Fsp3) is 0.286. The van der Waals surface area contributed by atoms with E-state index < -0.39 is 0 Å².